The fraction of sp³-hybridized carbons (Fsp3) is 0.286. The van der Waals surface area contributed by atoms with Gasteiger partial charge >= 0.3 is 5.97 Å². The Morgan fingerprint density at radius 2 is 1.67 bits per heavy atom. The van der Waals surface area contributed by atoms with Crippen LogP contribution in [0.25, 0.3) is 0 Å². The van der Waals surface area contributed by atoms with Crippen LogP contribution in [0.3, 0.4) is 0 Å². The minimum atomic E-state index is -0.614. The minimum Gasteiger partial charge on any atom is -0.482 e. The van der Waals surface area contributed by atoms with Gasteiger partial charge in [0.1, 0.15) is 5.75 Å². The smallest absolute Gasteiger partial charge is 0.344 e. The lowest BCUT2D eigenvalue weighted by atomic mass is 10.00. The molecule has 3 rings (SSSR count). The quantitative estimate of drug-likeness (QED) is 0.579. The highest BCUT2D eigenvalue weighted by Crippen LogP contribution is 2.18. The number of rotatable bonds is 6. The van der Waals surface area contributed by atoms with Crippen molar-refractivity contribution in [2.24, 2.45) is 0 Å². The fourth-order valence-electron chi connectivity index (χ4n) is 2.91. The number of carbonyl (C=O) groups excluding carboxylic acids is 3. The van der Waals surface area contributed by atoms with Crippen molar-refractivity contribution in [1.29, 1.82) is 0 Å². The van der Waals surface area contributed by atoms with E-state index in [1.807, 2.05) is 18.2 Å². The van der Waals surface area contributed by atoms with Gasteiger partial charge in [0, 0.05) is 18.7 Å². The van der Waals surface area contributed by atoms with Gasteiger partial charge in [0.2, 0.25) is 0 Å². The Kier molecular flexibility index (Phi) is 5.86. The van der Waals surface area contributed by atoms with Gasteiger partial charge in [-0.1, -0.05) is 24.3 Å². The normalized spacial score (nSPS) is 12.9. The first-order valence-corrected chi connectivity index (χ1v) is 8.77. The van der Waals surface area contributed by atoms with E-state index in [4.69, 9.17) is 9.47 Å². The van der Waals surface area contributed by atoms with E-state index in [1.54, 1.807) is 29.2 Å². The Labute approximate surface area is 157 Å². The van der Waals surface area contributed by atoms with Gasteiger partial charge in [0.05, 0.1) is 0 Å². The number of amides is 1. The maximum Gasteiger partial charge on any atom is 0.344 e. The van der Waals surface area contributed by atoms with Crippen LogP contribution in [-0.4, -0.2) is 42.3 Å². The van der Waals surface area contributed by atoms with E-state index in [1.165, 1.54) is 12.5 Å². The van der Waals surface area contributed by atoms with Gasteiger partial charge in [0.25, 0.3) is 5.91 Å². The van der Waals surface area contributed by atoms with Crippen LogP contribution < -0.4 is 4.74 Å². The Bertz CT molecular complexity index is 844. The molecule has 1 heterocycles. The number of carbonyl (C=O) groups is 3. The van der Waals surface area contributed by atoms with E-state index in [9.17, 15) is 14.4 Å². The first-order valence-electron chi connectivity index (χ1n) is 8.77. The molecule has 0 fully saturated rings. The van der Waals surface area contributed by atoms with E-state index in [-0.39, 0.29) is 24.9 Å². The molecule has 0 N–H and O–H groups in total. The number of benzene rings is 2. The monoisotopic (exact) mass is 367 g/mol. The molecule has 1 aliphatic heterocycles. The van der Waals surface area contributed by atoms with Gasteiger partial charge in [-0.2, -0.15) is 0 Å². The highest BCUT2D eigenvalue weighted by Gasteiger charge is 2.21. The van der Waals surface area contributed by atoms with Crippen molar-refractivity contribution < 1.29 is 23.9 Å². The standard InChI is InChI=1S/C21H21NO5/c1-15(23)16-6-8-19(9-7-16)26-14-21(25)27-13-20(24)22-11-10-17-4-2-3-5-18(17)12-22/h2-9H,10-14H2,1H3. The second-order valence-electron chi connectivity index (χ2n) is 6.36. The molecule has 0 saturated heterocycles. The summed E-state index contributed by atoms with van der Waals surface area (Å²) in [6, 6.07) is 14.5. The van der Waals surface area contributed by atoms with Crippen LogP contribution in [0.2, 0.25) is 0 Å². The van der Waals surface area contributed by atoms with E-state index in [2.05, 4.69) is 6.07 Å². The van der Waals surface area contributed by atoms with Gasteiger partial charge in [-0.3, -0.25) is 9.59 Å². The molecule has 6 heteroatoms. The number of nitrogens with zero attached hydrogens (tertiary/aromatic N) is 1. The average Bonchev–Trinajstić information content (AvgIpc) is 2.70. The number of fused-ring (bicyclic) bond motifs is 1. The topological polar surface area (TPSA) is 72.9 Å². The summed E-state index contributed by atoms with van der Waals surface area (Å²) >= 11 is 0. The van der Waals surface area contributed by atoms with Gasteiger partial charge in [0.15, 0.2) is 19.0 Å². The molecule has 0 saturated carbocycles. The van der Waals surface area contributed by atoms with Crippen molar-refractivity contribution in [2.45, 2.75) is 19.9 Å². The lowest BCUT2D eigenvalue weighted by Crippen LogP contribution is -2.38. The Balaban J connectivity index is 1.42. The van der Waals surface area contributed by atoms with Crippen molar-refractivity contribution in [3.8, 4) is 5.75 Å². The molecule has 0 radical (unpaired) electrons. The van der Waals surface area contributed by atoms with Gasteiger partial charge < -0.3 is 14.4 Å². The molecule has 0 atom stereocenters. The third kappa shape index (κ3) is 4.94. The second-order valence-corrected chi connectivity index (χ2v) is 6.36. The molecule has 1 amide bonds. The molecule has 1 aliphatic rings. The van der Waals surface area contributed by atoms with Crippen LogP contribution >= 0.6 is 0 Å². The van der Waals surface area contributed by atoms with Crippen molar-refractivity contribution in [3.63, 3.8) is 0 Å². The molecular formula is C21H21NO5. The highest BCUT2D eigenvalue weighted by molar-refractivity contribution is 5.94. The lowest BCUT2D eigenvalue weighted by Gasteiger charge is -2.28. The molecule has 0 aliphatic carbocycles. The van der Waals surface area contributed by atoms with Crippen molar-refractivity contribution in [3.05, 3.63) is 65.2 Å². The number of esters is 1. The third-order valence-electron chi connectivity index (χ3n) is 4.46. The zero-order chi connectivity index (χ0) is 19.2. The first-order chi connectivity index (χ1) is 13.0. The van der Waals surface area contributed by atoms with Crippen LogP contribution in [-0.2, 0) is 27.3 Å². The molecule has 0 bridgehead atoms. The SMILES string of the molecule is CC(=O)c1ccc(OCC(=O)OCC(=O)N2CCc3ccccc3C2)cc1. The summed E-state index contributed by atoms with van der Waals surface area (Å²) in [7, 11) is 0. The summed E-state index contributed by atoms with van der Waals surface area (Å²) in [6.07, 6.45) is 0.801. The Morgan fingerprint density at radius 1 is 0.963 bits per heavy atom. The molecule has 2 aromatic carbocycles. The first kappa shape index (κ1) is 18.6. The highest BCUT2D eigenvalue weighted by atomic mass is 16.6. The molecule has 140 valence electrons. The van der Waals surface area contributed by atoms with E-state index in [0.717, 1.165) is 12.0 Å². The van der Waals surface area contributed by atoms with Crippen molar-refractivity contribution in [1.82, 2.24) is 4.90 Å². The summed E-state index contributed by atoms with van der Waals surface area (Å²) in [5.41, 5.74) is 2.95. The molecule has 0 aromatic heterocycles. The Morgan fingerprint density at radius 3 is 2.37 bits per heavy atom. The molecular weight excluding hydrogens is 346 g/mol. The van der Waals surface area contributed by atoms with Gasteiger partial charge in [-0.25, -0.2) is 4.79 Å². The fourth-order valence-corrected chi connectivity index (χ4v) is 2.91. The zero-order valence-electron chi connectivity index (χ0n) is 15.1. The predicted molar refractivity (Wildman–Crippen MR) is 98.5 cm³/mol. The summed E-state index contributed by atoms with van der Waals surface area (Å²) in [5.74, 6) is -0.421. The summed E-state index contributed by atoms with van der Waals surface area (Å²) < 4.78 is 10.3. The van der Waals surface area contributed by atoms with Crippen LogP contribution in [0.4, 0.5) is 0 Å². The van der Waals surface area contributed by atoms with E-state index < -0.39 is 5.97 Å². The van der Waals surface area contributed by atoms with Gasteiger partial charge in [-0.15, -0.1) is 0 Å². The van der Waals surface area contributed by atoms with Gasteiger partial charge in [-0.05, 0) is 48.7 Å². The van der Waals surface area contributed by atoms with Crippen LogP contribution in [0.5, 0.6) is 5.75 Å². The van der Waals surface area contributed by atoms with Crippen LogP contribution in [0.15, 0.2) is 48.5 Å². The third-order valence-corrected chi connectivity index (χ3v) is 4.46. The number of ketones is 1. The van der Waals surface area contributed by atoms with Crippen molar-refractivity contribution >= 4 is 17.7 Å². The molecule has 27 heavy (non-hydrogen) atoms. The second kappa shape index (κ2) is 8.49. The average molecular weight is 367 g/mol. The number of hydrogen-bond acceptors (Lipinski definition) is 5. The predicted octanol–water partition coefficient (Wildman–Crippen LogP) is 2.40. The summed E-state index contributed by atoms with van der Waals surface area (Å²) in [6.45, 7) is 2.03. The number of ether oxygens (including phenoxy) is 2. The number of hydrogen-bond donors (Lipinski definition) is 0. The largest absolute Gasteiger partial charge is 0.482 e. The van der Waals surface area contributed by atoms with Crippen LogP contribution in [0.1, 0.15) is 28.4 Å². The molecule has 0 unspecified atom stereocenters. The molecule has 0 spiro atoms. The van der Waals surface area contributed by atoms with Crippen molar-refractivity contribution in [2.75, 3.05) is 19.8 Å². The Hall–Kier alpha value is -3.15. The van der Waals surface area contributed by atoms with Crippen LogP contribution in [0, 0.1) is 0 Å². The lowest BCUT2D eigenvalue weighted by molar-refractivity contribution is -0.154. The molecule has 6 nitrogen and oxygen atoms in total. The summed E-state index contributed by atoms with van der Waals surface area (Å²) in [4.78, 5) is 37.0. The molecule has 2 aromatic rings. The number of Topliss-reactive ketones (excluding diaryl/α,β-unsaturated/α-hetero) is 1. The zero-order valence-corrected chi connectivity index (χ0v) is 15.1. The minimum absolute atomic E-state index is 0.0418. The van der Waals surface area contributed by atoms with E-state index >= 15 is 0 Å². The maximum absolute atomic E-state index is 12.3. The maximum atomic E-state index is 12.3. The summed E-state index contributed by atoms with van der Waals surface area (Å²) in [5, 5.41) is 0. The van der Waals surface area contributed by atoms with E-state index in [0.29, 0.717) is 24.4 Å².